The molecule has 0 radical (unpaired) electrons. The van der Waals surface area contributed by atoms with Crippen molar-refractivity contribution in [2.24, 2.45) is 5.92 Å². The summed E-state index contributed by atoms with van der Waals surface area (Å²) in [6.45, 7) is 11.3. The van der Waals surface area contributed by atoms with Gasteiger partial charge in [-0.3, -0.25) is 0 Å². The molecule has 0 bridgehead atoms. The van der Waals surface area contributed by atoms with Crippen LogP contribution in [-0.4, -0.2) is 87.8 Å². The Balaban J connectivity index is 1.49. The van der Waals surface area contributed by atoms with E-state index >= 15 is 0 Å². The standard InChI is InChI=1S/C19H38N2O2/c1-17(15-20(2)11-13-22-14-12-20)23-16-18-7-6-10-21(3)9-5-4-8-19(18)21/h17-19H,4-16H2,1-3H3/q+2/t17-,18+,19+,21-/m1/s1. The van der Waals surface area contributed by atoms with Gasteiger partial charge in [0, 0.05) is 12.3 Å². The molecule has 3 heterocycles. The molecule has 4 heteroatoms. The molecule has 0 N–H and O–H groups in total. The summed E-state index contributed by atoms with van der Waals surface area (Å²) in [6, 6.07) is 0.859. The van der Waals surface area contributed by atoms with Gasteiger partial charge >= 0.3 is 0 Å². The zero-order valence-corrected chi connectivity index (χ0v) is 15.6. The van der Waals surface area contributed by atoms with Gasteiger partial charge in [-0.2, -0.15) is 0 Å². The Morgan fingerprint density at radius 1 is 1.00 bits per heavy atom. The first-order valence-electron chi connectivity index (χ1n) is 9.88. The van der Waals surface area contributed by atoms with Gasteiger partial charge in [-0.1, -0.05) is 0 Å². The maximum absolute atomic E-state index is 6.38. The molecule has 23 heavy (non-hydrogen) atoms. The van der Waals surface area contributed by atoms with E-state index in [4.69, 9.17) is 9.47 Å². The molecule has 4 nitrogen and oxygen atoms in total. The van der Waals surface area contributed by atoms with Crippen LogP contribution in [0.25, 0.3) is 0 Å². The number of hydrogen-bond donors (Lipinski definition) is 0. The molecule has 0 spiro atoms. The quantitative estimate of drug-likeness (QED) is 0.722. The summed E-state index contributed by atoms with van der Waals surface area (Å²) < 4.78 is 14.3. The van der Waals surface area contributed by atoms with Crippen LogP contribution in [0.2, 0.25) is 0 Å². The van der Waals surface area contributed by atoms with Crippen molar-refractivity contribution in [1.82, 2.24) is 0 Å². The molecular weight excluding hydrogens is 288 g/mol. The molecule has 3 aliphatic heterocycles. The molecular formula is C19H38N2O2+2. The molecule has 3 fully saturated rings. The van der Waals surface area contributed by atoms with Crippen molar-refractivity contribution < 1.29 is 18.4 Å². The summed E-state index contributed by atoms with van der Waals surface area (Å²) in [5.41, 5.74) is 0. The van der Waals surface area contributed by atoms with Crippen LogP contribution < -0.4 is 0 Å². The number of piperidine rings is 2. The molecule has 4 atom stereocenters. The van der Waals surface area contributed by atoms with Crippen LogP contribution in [0.3, 0.4) is 0 Å². The van der Waals surface area contributed by atoms with Crippen LogP contribution >= 0.6 is 0 Å². The molecule has 0 aromatic heterocycles. The second kappa shape index (κ2) is 7.38. The third kappa shape index (κ3) is 4.28. The third-order valence-corrected chi connectivity index (χ3v) is 6.85. The van der Waals surface area contributed by atoms with Gasteiger partial charge < -0.3 is 18.4 Å². The number of morpholine rings is 1. The lowest BCUT2D eigenvalue weighted by atomic mass is 9.82. The van der Waals surface area contributed by atoms with Crippen molar-refractivity contribution in [2.45, 2.75) is 51.2 Å². The summed E-state index contributed by atoms with van der Waals surface area (Å²) in [6.07, 6.45) is 7.41. The number of hydrogen-bond acceptors (Lipinski definition) is 2. The van der Waals surface area contributed by atoms with E-state index in [0.29, 0.717) is 6.10 Å². The smallest absolute Gasteiger partial charge is 0.105 e. The highest BCUT2D eigenvalue weighted by atomic mass is 16.5. The van der Waals surface area contributed by atoms with E-state index in [1.807, 2.05) is 0 Å². The fourth-order valence-electron chi connectivity index (χ4n) is 5.36. The number of rotatable bonds is 5. The Bertz CT molecular complexity index is 380. The minimum Gasteiger partial charge on any atom is -0.372 e. The van der Waals surface area contributed by atoms with Gasteiger partial charge in [0.25, 0.3) is 0 Å². The average molecular weight is 327 g/mol. The average Bonchev–Trinajstić information content (AvgIpc) is 2.52. The molecule has 0 aromatic carbocycles. The summed E-state index contributed by atoms with van der Waals surface area (Å²) >= 11 is 0. The Morgan fingerprint density at radius 2 is 1.74 bits per heavy atom. The second-order valence-electron chi connectivity index (χ2n) is 8.90. The SMILES string of the molecule is C[C@H](C[N+]1(C)CCOCC1)OC[C@@H]1CCC[N@@+]2(C)CCCC[C@@H]12. The lowest BCUT2D eigenvalue weighted by Gasteiger charge is -2.51. The van der Waals surface area contributed by atoms with Crippen molar-refractivity contribution in [1.29, 1.82) is 0 Å². The van der Waals surface area contributed by atoms with E-state index in [-0.39, 0.29) is 0 Å². The maximum atomic E-state index is 6.38. The zero-order chi connectivity index (χ0) is 16.3. The van der Waals surface area contributed by atoms with E-state index in [0.717, 1.165) is 55.9 Å². The first-order chi connectivity index (χ1) is 11.0. The van der Waals surface area contributed by atoms with Crippen molar-refractivity contribution in [3.8, 4) is 0 Å². The highest BCUT2D eigenvalue weighted by molar-refractivity contribution is 4.79. The Labute approximate surface area is 142 Å². The van der Waals surface area contributed by atoms with E-state index in [9.17, 15) is 0 Å². The van der Waals surface area contributed by atoms with E-state index < -0.39 is 0 Å². The van der Waals surface area contributed by atoms with Crippen LogP contribution in [0.1, 0.15) is 39.0 Å². The largest absolute Gasteiger partial charge is 0.372 e. The first-order valence-corrected chi connectivity index (χ1v) is 9.88. The number of likely N-dealkylation sites (N-methyl/N-ethyl adjacent to an activating group) is 1. The molecule has 0 aliphatic carbocycles. The van der Waals surface area contributed by atoms with Gasteiger partial charge in [0.2, 0.25) is 0 Å². The zero-order valence-electron chi connectivity index (χ0n) is 15.6. The van der Waals surface area contributed by atoms with Crippen LogP contribution in [-0.2, 0) is 9.47 Å². The number of quaternary nitrogens is 2. The summed E-state index contributed by atoms with van der Waals surface area (Å²) in [5, 5.41) is 0. The summed E-state index contributed by atoms with van der Waals surface area (Å²) in [4.78, 5) is 0. The molecule has 134 valence electrons. The third-order valence-electron chi connectivity index (χ3n) is 6.85. The molecule has 3 aliphatic rings. The molecule has 0 saturated carbocycles. The highest BCUT2D eigenvalue weighted by Crippen LogP contribution is 2.36. The van der Waals surface area contributed by atoms with Crippen LogP contribution in [0.5, 0.6) is 0 Å². The molecule has 0 aromatic rings. The molecule has 3 rings (SSSR count). The molecule has 0 amide bonds. The van der Waals surface area contributed by atoms with Crippen molar-refractivity contribution in [3.05, 3.63) is 0 Å². The normalized spacial score (nSPS) is 38.7. The highest BCUT2D eigenvalue weighted by Gasteiger charge is 2.43. The Kier molecular flexibility index (Phi) is 5.67. The molecule has 3 saturated heterocycles. The van der Waals surface area contributed by atoms with Gasteiger partial charge in [0.1, 0.15) is 25.7 Å². The minimum atomic E-state index is 0.363. The number of fused-ring (bicyclic) bond motifs is 1. The predicted molar refractivity (Wildman–Crippen MR) is 93.3 cm³/mol. The van der Waals surface area contributed by atoms with Gasteiger partial charge in [-0.25, -0.2) is 0 Å². The van der Waals surface area contributed by atoms with Gasteiger partial charge in [-0.05, 0) is 32.6 Å². The van der Waals surface area contributed by atoms with Gasteiger partial charge in [0.05, 0.1) is 53.0 Å². The minimum absolute atomic E-state index is 0.363. The lowest BCUT2D eigenvalue weighted by Crippen LogP contribution is -2.61. The van der Waals surface area contributed by atoms with Crippen molar-refractivity contribution >= 4 is 0 Å². The fraction of sp³-hybridized carbons (Fsp3) is 1.00. The van der Waals surface area contributed by atoms with E-state index in [2.05, 4.69) is 21.0 Å². The predicted octanol–water partition coefficient (Wildman–Crippen LogP) is 2.28. The van der Waals surface area contributed by atoms with Crippen molar-refractivity contribution in [2.75, 3.05) is 66.6 Å². The fourth-order valence-corrected chi connectivity index (χ4v) is 5.36. The topological polar surface area (TPSA) is 18.5 Å². The summed E-state index contributed by atoms with van der Waals surface area (Å²) in [5.74, 6) is 0.784. The Hall–Kier alpha value is -0.160. The summed E-state index contributed by atoms with van der Waals surface area (Å²) in [7, 11) is 4.86. The van der Waals surface area contributed by atoms with Crippen LogP contribution in [0.4, 0.5) is 0 Å². The Morgan fingerprint density at radius 3 is 2.52 bits per heavy atom. The number of nitrogens with zero attached hydrogens (tertiary/aromatic N) is 2. The van der Waals surface area contributed by atoms with Gasteiger partial charge in [0.15, 0.2) is 0 Å². The van der Waals surface area contributed by atoms with E-state index in [1.54, 1.807) is 0 Å². The van der Waals surface area contributed by atoms with Crippen LogP contribution in [0, 0.1) is 5.92 Å². The molecule has 0 unspecified atom stereocenters. The monoisotopic (exact) mass is 326 g/mol. The second-order valence-corrected chi connectivity index (χ2v) is 8.90. The van der Waals surface area contributed by atoms with Crippen LogP contribution in [0.15, 0.2) is 0 Å². The lowest BCUT2D eigenvalue weighted by molar-refractivity contribution is -0.947. The maximum Gasteiger partial charge on any atom is 0.105 e. The van der Waals surface area contributed by atoms with Crippen molar-refractivity contribution in [3.63, 3.8) is 0 Å². The van der Waals surface area contributed by atoms with Gasteiger partial charge in [-0.15, -0.1) is 0 Å². The number of ether oxygens (including phenoxy) is 2. The van der Waals surface area contributed by atoms with E-state index in [1.165, 1.54) is 49.7 Å². The first kappa shape index (κ1) is 17.7.